The van der Waals surface area contributed by atoms with Gasteiger partial charge in [0.25, 0.3) is 0 Å². The van der Waals surface area contributed by atoms with E-state index in [1.807, 2.05) is 12.1 Å². The van der Waals surface area contributed by atoms with Crippen LogP contribution in [-0.4, -0.2) is 31.1 Å². The van der Waals surface area contributed by atoms with Crippen molar-refractivity contribution in [1.82, 2.24) is 4.90 Å². The number of hydrogen-bond donors (Lipinski definition) is 1. The van der Waals surface area contributed by atoms with Crippen LogP contribution >= 0.6 is 39.1 Å². The van der Waals surface area contributed by atoms with E-state index in [0.29, 0.717) is 10.0 Å². The van der Waals surface area contributed by atoms with E-state index in [0.717, 1.165) is 23.2 Å². The third-order valence-electron chi connectivity index (χ3n) is 2.94. The van der Waals surface area contributed by atoms with Gasteiger partial charge in [-0.25, -0.2) is 0 Å². The number of nitrogens with one attached hydrogen (secondary N) is 1. The van der Waals surface area contributed by atoms with Gasteiger partial charge in [-0.05, 0) is 38.1 Å². The van der Waals surface area contributed by atoms with Gasteiger partial charge >= 0.3 is 0 Å². The SMILES string of the molecule is Clc1cc(Br)cc(Cl)c1NCCN1CCCC1. The molecular formula is C12H15BrCl2N2. The van der Waals surface area contributed by atoms with Crippen molar-refractivity contribution in [3.63, 3.8) is 0 Å². The molecule has 0 aromatic heterocycles. The molecule has 0 spiro atoms. The average Bonchev–Trinajstić information content (AvgIpc) is 2.74. The van der Waals surface area contributed by atoms with Gasteiger partial charge in [0.2, 0.25) is 0 Å². The lowest BCUT2D eigenvalue weighted by Gasteiger charge is -2.16. The van der Waals surface area contributed by atoms with Crippen molar-refractivity contribution < 1.29 is 0 Å². The van der Waals surface area contributed by atoms with E-state index in [-0.39, 0.29) is 0 Å². The summed E-state index contributed by atoms with van der Waals surface area (Å²) in [5, 5.41) is 4.63. The Kier molecular flexibility index (Phi) is 4.97. The molecular weight excluding hydrogens is 323 g/mol. The maximum absolute atomic E-state index is 6.14. The highest BCUT2D eigenvalue weighted by Crippen LogP contribution is 2.33. The molecule has 1 aromatic rings. The van der Waals surface area contributed by atoms with Crippen LogP contribution in [0.4, 0.5) is 5.69 Å². The van der Waals surface area contributed by atoms with Crippen LogP contribution in [0.3, 0.4) is 0 Å². The molecule has 17 heavy (non-hydrogen) atoms. The molecule has 0 bridgehead atoms. The third kappa shape index (κ3) is 3.75. The van der Waals surface area contributed by atoms with E-state index in [2.05, 4.69) is 26.1 Å². The minimum atomic E-state index is 0.658. The quantitative estimate of drug-likeness (QED) is 0.882. The number of likely N-dealkylation sites (tertiary alicyclic amines) is 1. The molecule has 1 N–H and O–H groups in total. The number of nitrogens with zero attached hydrogens (tertiary/aromatic N) is 1. The summed E-state index contributed by atoms with van der Waals surface area (Å²) in [5.41, 5.74) is 0.829. The van der Waals surface area contributed by atoms with E-state index >= 15 is 0 Å². The van der Waals surface area contributed by atoms with Crippen LogP contribution in [0, 0.1) is 0 Å². The first kappa shape index (κ1) is 13.5. The standard InChI is InChI=1S/C12H15BrCl2N2/c13-9-7-10(14)12(11(15)8-9)16-3-6-17-4-1-2-5-17/h7-8,16H,1-6H2. The summed E-state index contributed by atoms with van der Waals surface area (Å²) in [6.07, 6.45) is 2.64. The fourth-order valence-corrected chi connectivity index (χ4v) is 3.40. The van der Waals surface area contributed by atoms with Gasteiger partial charge in [-0.1, -0.05) is 39.1 Å². The van der Waals surface area contributed by atoms with Crippen LogP contribution in [0.5, 0.6) is 0 Å². The maximum Gasteiger partial charge on any atom is 0.0720 e. The molecule has 0 atom stereocenters. The summed E-state index contributed by atoms with van der Waals surface area (Å²) >= 11 is 15.6. The van der Waals surface area contributed by atoms with E-state index in [1.54, 1.807) is 0 Å². The van der Waals surface area contributed by atoms with Crippen LogP contribution in [-0.2, 0) is 0 Å². The van der Waals surface area contributed by atoms with Crippen molar-refractivity contribution in [2.75, 3.05) is 31.5 Å². The first-order valence-electron chi connectivity index (χ1n) is 5.77. The molecule has 0 unspecified atom stereocenters. The summed E-state index contributed by atoms with van der Waals surface area (Å²) in [5.74, 6) is 0. The summed E-state index contributed by atoms with van der Waals surface area (Å²) in [4.78, 5) is 2.45. The van der Waals surface area contributed by atoms with Crippen molar-refractivity contribution in [2.24, 2.45) is 0 Å². The topological polar surface area (TPSA) is 15.3 Å². The van der Waals surface area contributed by atoms with Gasteiger partial charge in [0.15, 0.2) is 0 Å². The van der Waals surface area contributed by atoms with Gasteiger partial charge in [0.05, 0.1) is 15.7 Å². The second-order valence-corrected chi connectivity index (χ2v) is 5.95. The van der Waals surface area contributed by atoms with Crippen molar-refractivity contribution in [3.8, 4) is 0 Å². The summed E-state index contributed by atoms with van der Waals surface area (Å²) in [6, 6.07) is 3.71. The Labute approximate surface area is 120 Å². The second-order valence-electron chi connectivity index (χ2n) is 4.22. The summed E-state index contributed by atoms with van der Waals surface area (Å²) < 4.78 is 0.901. The lowest BCUT2D eigenvalue weighted by atomic mass is 10.3. The minimum absolute atomic E-state index is 0.658. The molecule has 5 heteroatoms. The highest BCUT2D eigenvalue weighted by molar-refractivity contribution is 9.10. The van der Waals surface area contributed by atoms with Crippen molar-refractivity contribution >= 4 is 44.8 Å². The van der Waals surface area contributed by atoms with Gasteiger partial charge in [0, 0.05) is 17.6 Å². The molecule has 0 aliphatic carbocycles. The maximum atomic E-state index is 6.14. The minimum Gasteiger partial charge on any atom is -0.381 e. The largest absolute Gasteiger partial charge is 0.381 e. The number of rotatable bonds is 4. The molecule has 0 saturated carbocycles. The highest BCUT2D eigenvalue weighted by Gasteiger charge is 2.11. The first-order chi connectivity index (χ1) is 8.16. The predicted octanol–water partition coefficient (Wildman–Crippen LogP) is 4.26. The first-order valence-corrected chi connectivity index (χ1v) is 7.32. The van der Waals surface area contributed by atoms with Gasteiger partial charge in [0.1, 0.15) is 0 Å². The number of anilines is 1. The van der Waals surface area contributed by atoms with E-state index in [4.69, 9.17) is 23.2 Å². The Bertz CT molecular complexity index is 369. The second kappa shape index (κ2) is 6.28. The van der Waals surface area contributed by atoms with Gasteiger partial charge in [-0.15, -0.1) is 0 Å². The Morgan fingerprint density at radius 2 is 1.76 bits per heavy atom. The van der Waals surface area contributed by atoms with E-state index < -0.39 is 0 Å². The van der Waals surface area contributed by atoms with Crippen LogP contribution in [0.15, 0.2) is 16.6 Å². The zero-order chi connectivity index (χ0) is 12.3. The van der Waals surface area contributed by atoms with Crippen LogP contribution in [0.1, 0.15) is 12.8 Å². The van der Waals surface area contributed by atoms with Crippen molar-refractivity contribution in [1.29, 1.82) is 0 Å². The number of halogens is 3. The molecule has 2 rings (SSSR count). The van der Waals surface area contributed by atoms with Crippen LogP contribution < -0.4 is 5.32 Å². The number of hydrogen-bond acceptors (Lipinski definition) is 2. The molecule has 0 amide bonds. The molecule has 1 aliphatic heterocycles. The van der Waals surface area contributed by atoms with Crippen LogP contribution in [0.25, 0.3) is 0 Å². The number of benzene rings is 1. The summed E-state index contributed by atoms with van der Waals surface area (Å²) in [7, 11) is 0. The zero-order valence-corrected chi connectivity index (χ0v) is 12.6. The van der Waals surface area contributed by atoms with Gasteiger partial charge in [-0.2, -0.15) is 0 Å². The van der Waals surface area contributed by atoms with Crippen LogP contribution in [0.2, 0.25) is 10.0 Å². The van der Waals surface area contributed by atoms with E-state index in [9.17, 15) is 0 Å². The smallest absolute Gasteiger partial charge is 0.0720 e. The fraction of sp³-hybridized carbons (Fsp3) is 0.500. The Hall–Kier alpha value is 0.0400. The van der Waals surface area contributed by atoms with Gasteiger partial charge < -0.3 is 10.2 Å². The Morgan fingerprint density at radius 3 is 2.35 bits per heavy atom. The average molecular weight is 338 g/mol. The molecule has 0 radical (unpaired) electrons. The zero-order valence-electron chi connectivity index (χ0n) is 9.48. The van der Waals surface area contributed by atoms with Gasteiger partial charge in [-0.3, -0.25) is 0 Å². The highest BCUT2D eigenvalue weighted by atomic mass is 79.9. The Morgan fingerprint density at radius 1 is 1.18 bits per heavy atom. The third-order valence-corrected chi connectivity index (χ3v) is 3.99. The van der Waals surface area contributed by atoms with E-state index in [1.165, 1.54) is 25.9 Å². The predicted molar refractivity (Wildman–Crippen MR) is 78.3 cm³/mol. The molecule has 2 nitrogen and oxygen atoms in total. The van der Waals surface area contributed by atoms with Crippen molar-refractivity contribution in [2.45, 2.75) is 12.8 Å². The summed E-state index contributed by atoms with van der Waals surface area (Å²) in [6.45, 7) is 4.34. The molecule has 1 heterocycles. The molecule has 1 saturated heterocycles. The lowest BCUT2D eigenvalue weighted by molar-refractivity contribution is 0.352. The van der Waals surface area contributed by atoms with Crippen molar-refractivity contribution in [3.05, 3.63) is 26.7 Å². The Balaban J connectivity index is 1.89. The molecule has 1 fully saturated rings. The lowest BCUT2D eigenvalue weighted by Crippen LogP contribution is -2.26. The molecule has 1 aromatic carbocycles. The monoisotopic (exact) mass is 336 g/mol. The fourth-order valence-electron chi connectivity index (χ4n) is 2.06. The normalized spacial score (nSPS) is 16.4. The molecule has 94 valence electrons. The molecule has 1 aliphatic rings.